The van der Waals surface area contributed by atoms with Gasteiger partial charge in [-0.05, 0) is 0 Å². The summed E-state index contributed by atoms with van der Waals surface area (Å²) in [7, 11) is 3.32. The van der Waals surface area contributed by atoms with Crippen LogP contribution in [0.15, 0.2) is 87.9 Å². The molecule has 1 aromatic heterocycles. The van der Waals surface area contributed by atoms with Crippen molar-refractivity contribution in [3.05, 3.63) is 87.6 Å². The van der Waals surface area contributed by atoms with E-state index in [1.807, 2.05) is 6.07 Å². The van der Waals surface area contributed by atoms with Crippen molar-refractivity contribution < 1.29 is 8.78 Å². The Bertz CT molecular complexity index is 1280. The summed E-state index contributed by atoms with van der Waals surface area (Å²) in [5.41, 5.74) is 3.77. The van der Waals surface area contributed by atoms with Crippen molar-refractivity contribution in [1.29, 1.82) is 0 Å². The molecular weight excluding hydrogens is 534 g/mol. The van der Waals surface area contributed by atoms with Crippen LogP contribution in [0.1, 0.15) is 11.5 Å². The number of allylic oxidation sites excluding steroid dienone is 6. The Hall–Kier alpha value is -1.94. The van der Waals surface area contributed by atoms with Crippen LogP contribution in [0.4, 0.5) is 5.69 Å². The Kier molecular flexibility index (Phi) is 6.95. The predicted octanol–water partition coefficient (Wildman–Crippen LogP) is 3.30. The monoisotopic (exact) mass is 561 g/mol. The van der Waals surface area contributed by atoms with Crippen molar-refractivity contribution >= 4 is 66.3 Å². The van der Waals surface area contributed by atoms with E-state index in [0.29, 0.717) is 15.0 Å². The molecule has 158 valence electrons. The van der Waals surface area contributed by atoms with Crippen LogP contribution >= 0.6 is 0 Å². The second kappa shape index (κ2) is 9.68. The van der Waals surface area contributed by atoms with Crippen molar-refractivity contribution in [3.63, 3.8) is 0 Å². The van der Waals surface area contributed by atoms with Crippen molar-refractivity contribution in [2.45, 2.75) is 11.8 Å². The number of benzene rings is 2. The van der Waals surface area contributed by atoms with E-state index in [1.54, 1.807) is 6.26 Å². The molecule has 1 unspecified atom stereocenters. The van der Waals surface area contributed by atoms with Gasteiger partial charge in [-0.15, -0.1) is 0 Å². The molecule has 31 heavy (non-hydrogen) atoms. The molecule has 0 N–H and O–H groups in total. The number of nitrogens with zero attached hydrogens (tertiary/aromatic N) is 2. The SMILES string of the molecule is CC(/C=C/C=C1\[Se]c2ccccc2N1C)=C\C=C\c1[se]c2cc(S(C)=O)ccc2[n+]1C. The summed E-state index contributed by atoms with van der Waals surface area (Å²) in [6, 6.07) is 14.8. The molecule has 0 saturated carbocycles. The molecule has 0 saturated heterocycles. The summed E-state index contributed by atoms with van der Waals surface area (Å²) < 4.78 is 19.5. The molecule has 0 fully saturated rings. The molecule has 0 amide bonds. The Labute approximate surface area is 198 Å². The first-order valence-corrected chi connectivity index (χ1v) is 14.9. The number of hydrogen-bond acceptors (Lipinski definition) is 2. The van der Waals surface area contributed by atoms with E-state index in [2.05, 4.69) is 103 Å². The number of fused-ring (bicyclic) bond motifs is 2. The maximum atomic E-state index is 11.8. The van der Waals surface area contributed by atoms with Gasteiger partial charge in [-0.3, -0.25) is 0 Å². The molecule has 0 spiro atoms. The summed E-state index contributed by atoms with van der Waals surface area (Å²) in [5.74, 6) is 0. The predicted molar refractivity (Wildman–Crippen MR) is 135 cm³/mol. The molecular formula is C25H25N2OSSe2+. The normalized spacial score (nSPS) is 16.8. The zero-order valence-electron chi connectivity index (χ0n) is 18.0. The molecule has 1 aliphatic rings. The number of para-hydroxylation sites is 1. The van der Waals surface area contributed by atoms with Gasteiger partial charge in [0.1, 0.15) is 0 Å². The van der Waals surface area contributed by atoms with Gasteiger partial charge in [-0.25, -0.2) is 0 Å². The van der Waals surface area contributed by atoms with Crippen LogP contribution in [0.25, 0.3) is 15.9 Å². The number of anilines is 1. The van der Waals surface area contributed by atoms with Crippen molar-refractivity contribution in [3.8, 4) is 0 Å². The fraction of sp³-hybridized carbons (Fsp3) is 0.160. The van der Waals surface area contributed by atoms with Crippen molar-refractivity contribution in [2.75, 3.05) is 18.2 Å². The number of aromatic nitrogens is 1. The van der Waals surface area contributed by atoms with E-state index in [-0.39, 0.29) is 14.5 Å². The first-order chi connectivity index (χ1) is 14.9. The summed E-state index contributed by atoms with van der Waals surface area (Å²) >= 11 is 0.611. The fourth-order valence-corrected chi connectivity index (χ4v) is 8.62. The van der Waals surface area contributed by atoms with Gasteiger partial charge in [0.25, 0.3) is 0 Å². The van der Waals surface area contributed by atoms with Crippen LogP contribution in [0.3, 0.4) is 0 Å². The molecule has 2 aromatic carbocycles. The molecule has 6 heteroatoms. The van der Waals surface area contributed by atoms with Crippen LogP contribution in [0.2, 0.25) is 0 Å². The van der Waals surface area contributed by atoms with E-state index in [1.165, 1.54) is 34.7 Å². The van der Waals surface area contributed by atoms with Crippen LogP contribution < -0.4 is 13.9 Å². The van der Waals surface area contributed by atoms with Gasteiger partial charge >= 0.3 is 200 Å². The number of rotatable bonds is 5. The zero-order chi connectivity index (χ0) is 22.0. The van der Waals surface area contributed by atoms with E-state index < -0.39 is 10.8 Å². The Morgan fingerprint density at radius 2 is 1.97 bits per heavy atom. The summed E-state index contributed by atoms with van der Waals surface area (Å²) in [6.45, 7) is 2.13. The van der Waals surface area contributed by atoms with Gasteiger partial charge in [0, 0.05) is 0 Å². The van der Waals surface area contributed by atoms with Crippen molar-refractivity contribution in [1.82, 2.24) is 0 Å². The third-order valence-corrected chi connectivity index (χ3v) is 11.0. The quantitative estimate of drug-likeness (QED) is 0.272. The number of hydrogen-bond donors (Lipinski definition) is 0. The Balaban J connectivity index is 1.45. The van der Waals surface area contributed by atoms with Gasteiger partial charge in [0.2, 0.25) is 0 Å². The maximum absolute atomic E-state index is 11.8. The first kappa shape index (κ1) is 22.3. The first-order valence-electron chi connectivity index (χ1n) is 9.94. The summed E-state index contributed by atoms with van der Waals surface area (Å²) in [4.78, 5) is 3.21. The Morgan fingerprint density at radius 1 is 1.16 bits per heavy atom. The third-order valence-electron chi connectivity index (χ3n) is 5.14. The Morgan fingerprint density at radius 3 is 2.74 bits per heavy atom. The molecule has 4 rings (SSSR count). The second-order valence-corrected chi connectivity index (χ2v) is 13.2. The second-order valence-electron chi connectivity index (χ2n) is 7.35. The van der Waals surface area contributed by atoms with E-state index in [4.69, 9.17) is 0 Å². The molecule has 2 heterocycles. The van der Waals surface area contributed by atoms with Gasteiger partial charge in [-0.1, -0.05) is 0 Å². The molecule has 1 aliphatic heterocycles. The van der Waals surface area contributed by atoms with Gasteiger partial charge in [0.05, 0.1) is 0 Å². The summed E-state index contributed by atoms with van der Waals surface area (Å²) in [6.07, 6.45) is 14.8. The van der Waals surface area contributed by atoms with E-state index in [0.717, 1.165) is 4.90 Å². The van der Waals surface area contributed by atoms with E-state index >= 15 is 0 Å². The molecule has 0 aliphatic carbocycles. The molecule has 1 atom stereocenters. The average Bonchev–Trinajstić information content (AvgIpc) is 3.24. The van der Waals surface area contributed by atoms with Gasteiger partial charge in [0.15, 0.2) is 0 Å². The minimum atomic E-state index is -0.933. The molecule has 0 radical (unpaired) electrons. The van der Waals surface area contributed by atoms with Crippen LogP contribution in [-0.4, -0.2) is 47.0 Å². The average molecular weight is 559 g/mol. The molecule has 3 nitrogen and oxygen atoms in total. The van der Waals surface area contributed by atoms with Gasteiger partial charge in [-0.2, -0.15) is 0 Å². The van der Waals surface area contributed by atoms with Gasteiger partial charge < -0.3 is 0 Å². The van der Waals surface area contributed by atoms with Crippen LogP contribution in [0, 0.1) is 0 Å². The van der Waals surface area contributed by atoms with E-state index in [9.17, 15) is 4.21 Å². The zero-order valence-corrected chi connectivity index (χ0v) is 22.3. The third kappa shape index (κ3) is 4.95. The minimum absolute atomic E-state index is 0.238. The molecule has 3 aromatic rings. The van der Waals surface area contributed by atoms with Crippen LogP contribution in [-0.2, 0) is 17.8 Å². The van der Waals surface area contributed by atoms with Crippen LogP contribution in [0.5, 0.6) is 0 Å². The fourth-order valence-electron chi connectivity index (χ4n) is 3.36. The molecule has 0 bridgehead atoms. The standard InChI is InChI=1S/C25H25N2OSSe2/c1-18(9-7-13-24-26(2)20-11-5-6-12-22(20)30-24)10-8-14-25-27(3)21-16-15-19(29(4)28)17-23(21)31-25/h5-17H,1-4H3/q+1. The van der Waals surface area contributed by atoms with Crippen molar-refractivity contribution in [2.24, 2.45) is 7.05 Å². The topological polar surface area (TPSA) is 24.2 Å². The number of aryl methyl sites for hydroxylation is 1. The summed E-state index contributed by atoms with van der Waals surface area (Å²) in [5, 5.41) is 0.